The number of carbonyl (C=O) groups excluding carboxylic acids is 1. The van der Waals surface area contributed by atoms with E-state index in [-0.39, 0.29) is 18.3 Å². The Morgan fingerprint density at radius 1 is 1.32 bits per heavy atom. The van der Waals surface area contributed by atoms with Gasteiger partial charge in [0, 0.05) is 24.7 Å². The molecule has 0 aromatic heterocycles. The van der Waals surface area contributed by atoms with Crippen LogP contribution in [0.3, 0.4) is 0 Å². The first kappa shape index (κ1) is 18.8. The van der Waals surface area contributed by atoms with Gasteiger partial charge in [-0.2, -0.15) is 0 Å². The van der Waals surface area contributed by atoms with E-state index in [9.17, 15) is 4.79 Å². The van der Waals surface area contributed by atoms with E-state index in [0.29, 0.717) is 18.9 Å². The highest BCUT2D eigenvalue weighted by Gasteiger charge is 2.14. The molecule has 1 aliphatic rings. The fourth-order valence-corrected chi connectivity index (χ4v) is 2.75. The lowest BCUT2D eigenvalue weighted by molar-refractivity contribution is -0.116. The van der Waals surface area contributed by atoms with E-state index in [0.717, 1.165) is 23.6 Å². The number of ether oxygens (including phenoxy) is 1. The molecule has 22 heavy (non-hydrogen) atoms. The molecule has 1 aliphatic carbocycles. The predicted octanol–water partition coefficient (Wildman–Crippen LogP) is 3.66. The zero-order chi connectivity index (χ0) is 15.1. The van der Waals surface area contributed by atoms with Gasteiger partial charge in [0.25, 0.3) is 0 Å². The highest BCUT2D eigenvalue weighted by molar-refractivity contribution is 5.91. The summed E-state index contributed by atoms with van der Waals surface area (Å²) in [5.41, 5.74) is 7.26. The summed E-state index contributed by atoms with van der Waals surface area (Å²) in [4.78, 5) is 11.6. The number of hydrogen-bond acceptors (Lipinski definition) is 3. The van der Waals surface area contributed by atoms with Crippen LogP contribution in [0, 0.1) is 12.8 Å². The molecule has 5 heteroatoms. The Labute approximate surface area is 139 Å². The van der Waals surface area contributed by atoms with Crippen LogP contribution in [0.2, 0.25) is 0 Å². The number of rotatable bonds is 6. The minimum absolute atomic E-state index is 0. The van der Waals surface area contributed by atoms with Crippen molar-refractivity contribution in [1.82, 2.24) is 0 Å². The van der Waals surface area contributed by atoms with Crippen LogP contribution < -0.4 is 15.8 Å². The molecule has 0 unspecified atom stereocenters. The molecule has 0 bridgehead atoms. The highest BCUT2D eigenvalue weighted by atomic mass is 35.5. The van der Waals surface area contributed by atoms with Crippen LogP contribution in [-0.4, -0.2) is 19.1 Å². The molecule has 1 aromatic rings. The van der Waals surface area contributed by atoms with E-state index in [2.05, 4.69) is 5.32 Å². The molecule has 3 N–H and O–H groups in total. The van der Waals surface area contributed by atoms with Gasteiger partial charge in [0.05, 0.1) is 6.61 Å². The van der Waals surface area contributed by atoms with E-state index in [1.807, 2.05) is 25.1 Å². The van der Waals surface area contributed by atoms with E-state index >= 15 is 0 Å². The lowest BCUT2D eigenvalue weighted by Gasteiger charge is -2.22. The minimum Gasteiger partial charge on any atom is -0.493 e. The molecule has 4 nitrogen and oxygen atoms in total. The first-order valence-electron chi connectivity index (χ1n) is 7.92. The highest BCUT2D eigenvalue weighted by Crippen LogP contribution is 2.27. The van der Waals surface area contributed by atoms with Crippen molar-refractivity contribution in [3.05, 3.63) is 23.8 Å². The molecule has 0 aliphatic heterocycles. The first-order chi connectivity index (χ1) is 10.2. The quantitative estimate of drug-likeness (QED) is 0.838. The first-order valence-corrected chi connectivity index (χ1v) is 7.92. The van der Waals surface area contributed by atoms with Crippen LogP contribution in [0.5, 0.6) is 5.75 Å². The Balaban J connectivity index is 0.00000242. The molecule has 124 valence electrons. The monoisotopic (exact) mass is 326 g/mol. The second kappa shape index (κ2) is 9.70. The average Bonchev–Trinajstić information content (AvgIpc) is 2.49. The normalized spacial score (nSPS) is 15.0. The van der Waals surface area contributed by atoms with Crippen LogP contribution in [-0.2, 0) is 4.79 Å². The average molecular weight is 327 g/mol. The number of carbonyl (C=O) groups is 1. The van der Waals surface area contributed by atoms with Gasteiger partial charge in [-0.1, -0.05) is 25.3 Å². The van der Waals surface area contributed by atoms with Crippen molar-refractivity contribution in [2.24, 2.45) is 11.7 Å². The number of nitrogens with one attached hydrogen (secondary N) is 1. The number of hydrogen-bond donors (Lipinski definition) is 2. The predicted molar refractivity (Wildman–Crippen MR) is 92.8 cm³/mol. The zero-order valence-electron chi connectivity index (χ0n) is 13.3. The Morgan fingerprint density at radius 2 is 2.05 bits per heavy atom. The largest absolute Gasteiger partial charge is 0.493 e. The van der Waals surface area contributed by atoms with Gasteiger partial charge in [-0.25, -0.2) is 0 Å². The fraction of sp³-hybridized carbons (Fsp3) is 0.588. The summed E-state index contributed by atoms with van der Waals surface area (Å²) in [6.07, 6.45) is 6.88. The second-order valence-electron chi connectivity index (χ2n) is 5.88. The van der Waals surface area contributed by atoms with Gasteiger partial charge in [-0.3, -0.25) is 4.79 Å². The molecule has 1 saturated carbocycles. The molecular weight excluding hydrogens is 300 g/mol. The summed E-state index contributed by atoms with van der Waals surface area (Å²) < 4.78 is 5.98. The summed E-state index contributed by atoms with van der Waals surface area (Å²) in [5.74, 6) is 1.49. The zero-order valence-corrected chi connectivity index (χ0v) is 14.1. The standard InChI is InChI=1S/C17H26N2O2.ClH/c1-13-7-8-15(19-17(20)9-10-18)11-16(13)21-12-14-5-3-2-4-6-14;/h7-8,11,14H,2-6,9-10,12,18H2,1H3,(H,19,20);1H. The van der Waals surface area contributed by atoms with E-state index < -0.39 is 0 Å². The van der Waals surface area contributed by atoms with Gasteiger partial charge in [0.2, 0.25) is 5.91 Å². The van der Waals surface area contributed by atoms with Crippen molar-refractivity contribution in [2.45, 2.75) is 45.4 Å². The summed E-state index contributed by atoms with van der Waals surface area (Å²) >= 11 is 0. The third kappa shape index (κ3) is 5.85. The van der Waals surface area contributed by atoms with Gasteiger partial charge in [-0.05, 0) is 37.3 Å². The number of amides is 1. The maximum absolute atomic E-state index is 11.6. The van der Waals surface area contributed by atoms with Crippen molar-refractivity contribution in [2.75, 3.05) is 18.5 Å². The summed E-state index contributed by atoms with van der Waals surface area (Å²) in [7, 11) is 0. The van der Waals surface area contributed by atoms with Crippen molar-refractivity contribution in [1.29, 1.82) is 0 Å². The Bertz CT molecular complexity index is 474. The Kier molecular flexibility index (Phi) is 8.28. The molecule has 1 amide bonds. The molecule has 2 rings (SSSR count). The molecule has 1 aromatic carbocycles. The number of anilines is 1. The van der Waals surface area contributed by atoms with Crippen molar-refractivity contribution < 1.29 is 9.53 Å². The molecule has 0 radical (unpaired) electrons. The van der Waals surface area contributed by atoms with E-state index in [1.165, 1.54) is 32.1 Å². The second-order valence-corrected chi connectivity index (χ2v) is 5.88. The summed E-state index contributed by atoms with van der Waals surface area (Å²) in [6.45, 7) is 3.17. The smallest absolute Gasteiger partial charge is 0.225 e. The molecule has 1 fully saturated rings. The number of nitrogens with two attached hydrogens (primary N) is 1. The fourth-order valence-electron chi connectivity index (χ4n) is 2.75. The van der Waals surface area contributed by atoms with Gasteiger partial charge >= 0.3 is 0 Å². The Hall–Kier alpha value is -1.26. The maximum Gasteiger partial charge on any atom is 0.225 e. The number of benzene rings is 1. The topological polar surface area (TPSA) is 64.4 Å². The van der Waals surface area contributed by atoms with Crippen molar-refractivity contribution in [3.63, 3.8) is 0 Å². The lowest BCUT2D eigenvalue weighted by atomic mass is 9.90. The molecule has 0 saturated heterocycles. The summed E-state index contributed by atoms with van der Waals surface area (Å²) in [6, 6.07) is 5.79. The minimum atomic E-state index is -0.0559. The van der Waals surface area contributed by atoms with Crippen molar-refractivity contribution in [3.8, 4) is 5.75 Å². The SMILES string of the molecule is Cc1ccc(NC(=O)CCN)cc1OCC1CCCCC1.Cl. The van der Waals surface area contributed by atoms with Gasteiger partial charge in [-0.15, -0.1) is 12.4 Å². The Morgan fingerprint density at radius 3 is 2.73 bits per heavy atom. The molecular formula is C17H27ClN2O2. The van der Waals surface area contributed by atoms with Crippen LogP contribution in [0.15, 0.2) is 18.2 Å². The third-order valence-electron chi connectivity index (χ3n) is 4.04. The van der Waals surface area contributed by atoms with Crippen molar-refractivity contribution >= 4 is 24.0 Å². The third-order valence-corrected chi connectivity index (χ3v) is 4.04. The molecule has 0 spiro atoms. The molecule has 0 atom stereocenters. The van der Waals surface area contributed by atoms with Crippen LogP contribution in [0.4, 0.5) is 5.69 Å². The number of aryl methyl sites for hydroxylation is 1. The summed E-state index contributed by atoms with van der Waals surface area (Å²) in [5, 5.41) is 2.85. The van der Waals surface area contributed by atoms with Crippen LogP contribution >= 0.6 is 12.4 Å². The van der Waals surface area contributed by atoms with Gasteiger partial charge in [0.15, 0.2) is 0 Å². The van der Waals surface area contributed by atoms with E-state index in [1.54, 1.807) is 0 Å². The maximum atomic E-state index is 11.6. The van der Waals surface area contributed by atoms with Crippen LogP contribution in [0.1, 0.15) is 44.1 Å². The van der Waals surface area contributed by atoms with Gasteiger partial charge in [0.1, 0.15) is 5.75 Å². The van der Waals surface area contributed by atoms with Crippen LogP contribution in [0.25, 0.3) is 0 Å². The van der Waals surface area contributed by atoms with Gasteiger partial charge < -0.3 is 15.8 Å². The van der Waals surface area contributed by atoms with E-state index in [4.69, 9.17) is 10.5 Å². The molecule has 0 heterocycles. The number of halogens is 1. The lowest BCUT2D eigenvalue weighted by Crippen LogP contribution is -2.17.